The summed E-state index contributed by atoms with van der Waals surface area (Å²) in [6.07, 6.45) is 3.44. The maximum Gasteiger partial charge on any atom is 0.328 e. The largest absolute Gasteiger partial charge is 0.478 e. The highest BCUT2D eigenvalue weighted by molar-refractivity contribution is 6.02. The molecule has 0 aromatic heterocycles. The number of hydrogen-bond acceptors (Lipinski definition) is 4. The average Bonchev–Trinajstić information content (AvgIpc) is 2.50. The zero-order chi connectivity index (χ0) is 22.3. The predicted molar refractivity (Wildman–Crippen MR) is 108 cm³/mol. The molecule has 28 heavy (non-hydrogen) atoms. The standard InChI is InChI=1S/C22H34O6/c1-14(8-10-17(23)15(12-19(25)26)21(2,3)4)9-11-18(24)16(13-20(27)28)22(5,6)7/h12-14H,8-11H2,1-7H3,(H,25,26)(H,27,28)/b15-12+,16-13+. The second kappa shape index (κ2) is 10.3. The number of ketones is 2. The van der Waals surface area contributed by atoms with Crippen molar-refractivity contribution in [1.29, 1.82) is 0 Å². The van der Waals surface area contributed by atoms with Gasteiger partial charge in [-0.05, 0) is 29.6 Å². The van der Waals surface area contributed by atoms with Gasteiger partial charge in [0, 0.05) is 36.1 Å². The Bertz CT molecular complexity index is 610. The van der Waals surface area contributed by atoms with Crippen LogP contribution in [-0.2, 0) is 19.2 Å². The number of carboxylic acid groups (broad SMARTS) is 2. The highest BCUT2D eigenvalue weighted by Crippen LogP contribution is 2.30. The summed E-state index contributed by atoms with van der Waals surface area (Å²) < 4.78 is 0. The molecule has 6 nitrogen and oxygen atoms in total. The van der Waals surface area contributed by atoms with Crippen molar-refractivity contribution >= 4 is 23.5 Å². The van der Waals surface area contributed by atoms with Gasteiger partial charge in [-0.3, -0.25) is 9.59 Å². The molecule has 0 saturated heterocycles. The summed E-state index contributed by atoms with van der Waals surface area (Å²) in [5, 5.41) is 18.0. The Morgan fingerprint density at radius 2 is 1.00 bits per heavy atom. The Hall–Kier alpha value is -2.24. The first-order valence-electron chi connectivity index (χ1n) is 9.52. The van der Waals surface area contributed by atoms with Crippen molar-refractivity contribution in [2.75, 3.05) is 0 Å². The summed E-state index contributed by atoms with van der Waals surface area (Å²) in [7, 11) is 0. The lowest BCUT2D eigenvalue weighted by Crippen LogP contribution is -2.21. The molecule has 0 saturated carbocycles. The quantitative estimate of drug-likeness (QED) is 0.530. The minimum Gasteiger partial charge on any atom is -0.478 e. The van der Waals surface area contributed by atoms with Crippen LogP contribution in [0.4, 0.5) is 0 Å². The first-order chi connectivity index (χ1) is 12.6. The topological polar surface area (TPSA) is 109 Å². The molecule has 0 amide bonds. The molecule has 0 aromatic carbocycles. The lowest BCUT2D eigenvalue weighted by molar-refractivity contribution is -0.132. The number of Topliss-reactive ketones (excluding diaryl/α,β-unsaturated/α-hetero) is 2. The van der Waals surface area contributed by atoms with Crippen LogP contribution in [0.15, 0.2) is 23.3 Å². The number of rotatable bonds is 10. The number of carbonyl (C=O) groups excluding carboxylic acids is 2. The lowest BCUT2D eigenvalue weighted by atomic mass is 9.80. The molecule has 6 heteroatoms. The third kappa shape index (κ3) is 9.62. The van der Waals surface area contributed by atoms with E-state index in [-0.39, 0.29) is 41.5 Å². The Labute approximate surface area is 167 Å². The molecule has 0 aliphatic rings. The van der Waals surface area contributed by atoms with E-state index >= 15 is 0 Å². The number of carboxylic acids is 2. The number of allylic oxidation sites excluding steroid dienone is 2. The van der Waals surface area contributed by atoms with Crippen LogP contribution in [0.25, 0.3) is 0 Å². The van der Waals surface area contributed by atoms with Crippen molar-refractivity contribution in [3.63, 3.8) is 0 Å². The molecule has 0 heterocycles. The molecule has 0 aliphatic heterocycles. The van der Waals surface area contributed by atoms with Crippen molar-refractivity contribution in [2.45, 2.75) is 74.1 Å². The fourth-order valence-electron chi connectivity index (χ4n) is 2.85. The summed E-state index contributed by atoms with van der Waals surface area (Å²) in [5.41, 5.74) is -0.555. The van der Waals surface area contributed by atoms with E-state index in [0.29, 0.717) is 12.8 Å². The zero-order valence-electron chi connectivity index (χ0n) is 18.1. The SMILES string of the molecule is CC(CCC(=O)/C(=C\C(=O)O)C(C)(C)C)CCC(=O)/C(=C\C(=O)O)C(C)(C)C. The Kier molecular flexibility index (Phi) is 9.52. The average molecular weight is 395 g/mol. The van der Waals surface area contributed by atoms with Crippen LogP contribution >= 0.6 is 0 Å². The van der Waals surface area contributed by atoms with Gasteiger partial charge >= 0.3 is 11.9 Å². The highest BCUT2D eigenvalue weighted by atomic mass is 16.4. The van der Waals surface area contributed by atoms with Gasteiger partial charge in [0.1, 0.15) is 0 Å². The van der Waals surface area contributed by atoms with E-state index < -0.39 is 22.8 Å². The van der Waals surface area contributed by atoms with Gasteiger partial charge in [-0.1, -0.05) is 48.5 Å². The van der Waals surface area contributed by atoms with Crippen LogP contribution in [0.1, 0.15) is 74.1 Å². The van der Waals surface area contributed by atoms with Crippen molar-refractivity contribution in [3.05, 3.63) is 23.3 Å². The maximum absolute atomic E-state index is 12.5. The van der Waals surface area contributed by atoms with Gasteiger partial charge in [0.15, 0.2) is 11.6 Å². The van der Waals surface area contributed by atoms with Gasteiger partial charge in [-0.15, -0.1) is 0 Å². The van der Waals surface area contributed by atoms with E-state index in [0.717, 1.165) is 12.2 Å². The molecular formula is C22H34O6. The van der Waals surface area contributed by atoms with E-state index in [1.807, 2.05) is 6.92 Å². The third-order valence-electron chi connectivity index (χ3n) is 4.48. The summed E-state index contributed by atoms with van der Waals surface area (Å²) in [6.45, 7) is 12.7. The molecule has 158 valence electrons. The van der Waals surface area contributed by atoms with Crippen LogP contribution in [0.3, 0.4) is 0 Å². The van der Waals surface area contributed by atoms with Gasteiger partial charge in [0.05, 0.1) is 0 Å². The Morgan fingerprint density at radius 3 is 1.21 bits per heavy atom. The first kappa shape index (κ1) is 25.8. The zero-order valence-corrected chi connectivity index (χ0v) is 18.1. The van der Waals surface area contributed by atoms with Gasteiger partial charge in [-0.25, -0.2) is 9.59 Å². The van der Waals surface area contributed by atoms with Crippen LogP contribution in [0, 0.1) is 16.7 Å². The van der Waals surface area contributed by atoms with Crippen LogP contribution in [-0.4, -0.2) is 33.7 Å². The smallest absolute Gasteiger partial charge is 0.328 e. The summed E-state index contributed by atoms with van der Waals surface area (Å²) in [4.78, 5) is 46.9. The fourth-order valence-corrected chi connectivity index (χ4v) is 2.85. The molecule has 0 bridgehead atoms. The molecule has 0 radical (unpaired) electrons. The monoisotopic (exact) mass is 394 g/mol. The van der Waals surface area contributed by atoms with Crippen molar-refractivity contribution < 1.29 is 29.4 Å². The number of carbonyl (C=O) groups is 4. The summed E-state index contributed by atoms with van der Waals surface area (Å²) in [5.74, 6) is -2.61. The minimum absolute atomic E-state index is 0.0741. The van der Waals surface area contributed by atoms with Gasteiger partial charge in [-0.2, -0.15) is 0 Å². The van der Waals surface area contributed by atoms with E-state index in [1.165, 1.54) is 0 Å². The number of hydrogen-bond donors (Lipinski definition) is 2. The molecule has 0 rings (SSSR count). The molecule has 0 spiro atoms. The molecule has 0 unspecified atom stereocenters. The van der Waals surface area contributed by atoms with E-state index in [1.54, 1.807) is 41.5 Å². The molecule has 0 fully saturated rings. The molecule has 0 aliphatic carbocycles. The van der Waals surface area contributed by atoms with Gasteiger partial charge < -0.3 is 10.2 Å². The molecule has 0 atom stereocenters. The molecular weight excluding hydrogens is 360 g/mol. The Balaban J connectivity index is 4.90. The highest BCUT2D eigenvalue weighted by Gasteiger charge is 2.26. The molecule has 0 aromatic rings. The normalized spacial score (nSPS) is 13.6. The summed E-state index contributed by atoms with van der Waals surface area (Å²) >= 11 is 0. The van der Waals surface area contributed by atoms with Crippen molar-refractivity contribution in [1.82, 2.24) is 0 Å². The van der Waals surface area contributed by atoms with Gasteiger partial charge in [0.25, 0.3) is 0 Å². The number of aliphatic carboxylic acids is 2. The van der Waals surface area contributed by atoms with Crippen LogP contribution in [0.5, 0.6) is 0 Å². The lowest BCUT2D eigenvalue weighted by Gasteiger charge is -2.23. The molecule has 2 N–H and O–H groups in total. The second-order valence-electron chi connectivity index (χ2n) is 9.32. The Morgan fingerprint density at radius 1 is 0.714 bits per heavy atom. The van der Waals surface area contributed by atoms with Crippen LogP contribution < -0.4 is 0 Å². The van der Waals surface area contributed by atoms with Crippen molar-refractivity contribution in [3.8, 4) is 0 Å². The van der Waals surface area contributed by atoms with E-state index in [9.17, 15) is 19.2 Å². The first-order valence-corrected chi connectivity index (χ1v) is 9.52. The fraction of sp³-hybridized carbons (Fsp3) is 0.636. The summed E-state index contributed by atoms with van der Waals surface area (Å²) in [6, 6.07) is 0. The minimum atomic E-state index is -1.14. The van der Waals surface area contributed by atoms with E-state index in [2.05, 4.69) is 0 Å². The third-order valence-corrected chi connectivity index (χ3v) is 4.48. The maximum atomic E-state index is 12.5. The van der Waals surface area contributed by atoms with Crippen molar-refractivity contribution in [2.24, 2.45) is 16.7 Å². The van der Waals surface area contributed by atoms with Crippen LogP contribution in [0.2, 0.25) is 0 Å². The predicted octanol–water partition coefficient (Wildman–Crippen LogP) is 4.44. The van der Waals surface area contributed by atoms with Gasteiger partial charge in [0.2, 0.25) is 0 Å². The second-order valence-corrected chi connectivity index (χ2v) is 9.32. The van der Waals surface area contributed by atoms with E-state index in [4.69, 9.17) is 10.2 Å².